The molecule has 1 spiro atoms. The molecule has 7 atom stereocenters. The molecule has 0 unspecified atom stereocenters. The van der Waals surface area contributed by atoms with Gasteiger partial charge in [-0.3, -0.25) is 4.79 Å². The van der Waals surface area contributed by atoms with Crippen LogP contribution in [0.4, 0.5) is 0 Å². The van der Waals surface area contributed by atoms with Gasteiger partial charge >= 0.3 is 0 Å². The van der Waals surface area contributed by atoms with Crippen LogP contribution in [0.5, 0.6) is 5.75 Å². The molecule has 1 heterocycles. The smallest absolute Gasteiger partial charge is 0.155 e. The van der Waals surface area contributed by atoms with E-state index in [0.29, 0.717) is 35.4 Å². The average molecular weight is 447 g/mol. The maximum absolute atomic E-state index is 12.3. The van der Waals surface area contributed by atoms with E-state index >= 15 is 0 Å². The van der Waals surface area contributed by atoms with Gasteiger partial charge in [-0.2, -0.15) is 0 Å². The molecule has 0 bridgehead atoms. The molecule has 1 aromatic rings. The van der Waals surface area contributed by atoms with Crippen LogP contribution in [-0.2, 0) is 9.53 Å². The maximum Gasteiger partial charge on any atom is 0.155 e. The highest BCUT2D eigenvalue weighted by atomic mass is 16.5. The summed E-state index contributed by atoms with van der Waals surface area (Å²) in [5.41, 5.74) is 4.56. The molecule has 4 aliphatic carbocycles. The molecule has 3 heteroatoms. The van der Waals surface area contributed by atoms with Crippen LogP contribution in [-0.4, -0.2) is 25.1 Å². The predicted molar refractivity (Wildman–Crippen MR) is 130 cm³/mol. The van der Waals surface area contributed by atoms with Gasteiger partial charge in [-0.25, -0.2) is 0 Å². The van der Waals surface area contributed by atoms with Crippen molar-refractivity contribution in [2.75, 3.05) is 13.7 Å². The van der Waals surface area contributed by atoms with Crippen molar-refractivity contribution < 1.29 is 14.3 Å². The van der Waals surface area contributed by atoms with E-state index in [-0.39, 0.29) is 11.0 Å². The fourth-order valence-corrected chi connectivity index (χ4v) is 9.26. The van der Waals surface area contributed by atoms with Crippen molar-refractivity contribution in [2.45, 2.75) is 76.7 Å². The third-order valence-corrected chi connectivity index (χ3v) is 10.6. The second kappa shape index (κ2) is 7.83. The first kappa shape index (κ1) is 21.6. The molecule has 33 heavy (non-hydrogen) atoms. The van der Waals surface area contributed by atoms with Crippen LogP contribution in [0.3, 0.4) is 0 Å². The molecule has 5 aliphatic rings. The number of hydrogen-bond acceptors (Lipinski definition) is 3. The van der Waals surface area contributed by atoms with Gasteiger partial charge in [0.15, 0.2) is 5.78 Å². The predicted octanol–water partition coefficient (Wildman–Crippen LogP) is 6.64. The van der Waals surface area contributed by atoms with Gasteiger partial charge in [-0.15, -0.1) is 0 Å². The van der Waals surface area contributed by atoms with Crippen molar-refractivity contribution in [3.05, 3.63) is 53.1 Å². The Morgan fingerprint density at radius 2 is 1.88 bits per heavy atom. The summed E-state index contributed by atoms with van der Waals surface area (Å²) in [4.78, 5) is 12.3. The van der Waals surface area contributed by atoms with Gasteiger partial charge in [0.1, 0.15) is 5.75 Å². The zero-order valence-electron chi connectivity index (χ0n) is 20.4. The summed E-state index contributed by atoms with van der Waals surface area (Å²) in [6.45, 7) is 5.66. The Labute approximate surface area is 198 Å². The van der Waals surface area contributed by atoms with E-state index in [9.17, 15) is 4.79 Å². The molecule has 3 saturated carbocycles. The Kier molecular flexibility index (Phi) is 5.14. The van der Waals surface area contributed by atoms with E-state index in [2.05, 4.69) is 44.2 Å². The van der Waals surface area contributed by atoms with E-state index in [1.165, 1.54) is 36.8 Å². The first-order valence-corrected chi connectivity index (χ1v) is 13.2. The summed E-state index contributed by atoms with van der Waals surface area (Å²) < 4.78 is 12.2. The minimum Gasteiger partial charge on any atom is -0.497 e. The highest BCUT2D eigenvalue weighted by Gasteiger charge is 2.67. The lowest BCUT2D eigenvalue weighted by atomic mass is 9.46. The van der Waals surface area contributed by atoms with Gasteiger partial charge in [-0.05, 0) is 111 Å². The summed E-state index contributed by atoms with van der Waals surface area (Å²) >= 11 is 0. The lowest BCUT2D eigenvalue weighted by Gasteiger charge is -2.59. The van der Waals surface area contributed by atoms with Crippen molar-refractivity contribution in [2.24, 2.45) is 29.1 Å². The topological polar surface area (TPSA) is 35.5 Å². The molecule has 1 aromatic carbocycles. The molecule has 4 fully saturated rings. The van der Waals surface area contributed by atoms with Crippen LogP contribution in [0.15, 0.2) is 47.6 Å². The Morgan fingerprint density at radius 3 is 2.64 bits per heavy atom. The number of allylic oxidation sites excluding steroid dienone is 2. The molecule has 1 saturated heterocycles. The maximum atomic E-state index is 12.3. The number of benzene rings is 1. The monoisotopic (exact) mass is 446 g/mol. The van der Waals surface area contributed by atoms with Crippen LogP contribution >= 0.6 is 0 Å². The number of carbonyl (C=O) groups excluding carboxylic acids is 1. The fraction of sp³-hybridized carbons (Fsp3) is 0.633. The third-order valence-electron chi connectivity index (χ3n) is 10.6. The second-order valence-corrected chi connectivity index (χ2v) is 11.5. The summed E-state index contributed by atoms with van der Waals surface area (Å²) in [7, 11) is 1.74. The zero-order chi connectivity index (χ0) is 22.8. The van der Waals surface area contributed by atoms with Crippen molar-refractivity contribution >= 4 is 5.78 Å². The van der Waals surface area contributed by atoms with Crippen LogP contribution < -0.4 is 4.74 Å². The van der Waals surface area contributed by atoms with Crippen LogP contribution in [0, 0.1) is 29.1 Å². The first-order valence-electron chi connectivity index (χ1n) is 13.2. The van der Waals surface area contributed by atoms with E-state index in [1.54, 1.807) is 12.7 Å². The Bertz CT molecular complexity index is 1000. The highest BCUT2D eigenvalue weighted by molar-refractivity contribution is 5.91. The number of carbonyl (C=O) groups is 1. The first-order chi connectivity index (χ1) is 16.0. The molecule has 0 amide bonds. The number of fused-ring (bicyclic) bond motifs is 6. The summed E-state index contributed by atoms with van der Waals surface area (Å²) in [5.74, 6) is 4.41. The molecule has 6 rings (SSSR count). The summed E-state index contributed by atoms with van der Waals surface area (Å²) in [5, 5.41) is 0. The average Bonchev–Trinajstić information content (AvgIpc) is 3.39. The summed E-state index contributed by atoms with van der Waals surface area (Å²) in [6.07, 6.45) is 13.2. The number of methoxy groups -OCH3 is 1. The minimum absolute atomic E-state index is 0.0687. The molecule has 176 valence electrons. The summed E-state index contributed by atoms with van der Waals surface area (Å²) in [6, 6.07) is 8.89. The Balaban J connectivity index is 1.46. The molecule has 0 N–H and O–H groups in total. The number of ether oxygens (including phenoxy) is 2. The number of rotatable bonds is 2. The Hall–Kier alpha value is -1.87. The lowest BCUT2D eigenvalue weighted by Crippen LogP contribution is -2.55. The van der Waals surface area contributed by atoms with E-state index < -0.39 is 0 Å². The molecule has 0 aromatic heterocycles. The Morgan fingerprint density at radius 1 is 1.06 bits per heavy atom. The normalized spacial score (nSPS) is 43.2. The highest BCUT2D eigenvalue weighted by Crippen LogP contribution is 2.71. The standard InChI is InChI=1S/C30H38O3/c1-4-21-14-16-33-30(21)15-13-27-25-11-7-20-17-22(31)8-12-24(20)28(25)26(18-29(27,30)2)19-5-9-23(32-3)10-6-19/h4-6,9-10,17,24-28H,7-8,11-16,18H2,1-3H3/b21-4-/t24-,25-,26+,27-,28+,29-,30+/m0/s1. The van der Waals surface area contributed by atoms with Gasteiger partial charge in [0, 0.05) is 11.8 Å². The lowest BCUT2D eigenvalue weighted by molar-refractivity contribution is -0.122. The minimum atomic E-state index is -0.0687. The molecule has 0 radical (unpaired) electrons. The quantitative estimate of drug-likeness (QED) is 0.478. The van der Waals surface area contributed by atoms with Gasteiger partial charge in [-0.1, -0.05) is 30.7 Å². The largest absolute Gasteiger partial charge is 0.497 e. The van der Waals surface area contributed by atoms with Gasteiger partial charge in [0.05, 0.1) is 19.3 Å². The second-order valence-electron chi connectivity index (χ2n) is 11.5. The number of hydrogen-bond donors (Lipinski definition) is 0. The van der Waals surface area contributed by atoms with Crippen molar-refractivity contribution in [1.82, 2.24) is 0 Å². The van der Waals surface area contributed by atoms with Crippen molar-refractivity contribution in [3.8, 4) is 5.75 Å². The van der Waals surface area contributed by atoms with Crippen molar-refractivity contribution in [1.29, 1.82) is 0 Å². The van der Waals surface area contributed by atoms with Crippen LogP contribution in [0.2, 0.25) is 0 Å². The molecule has 3 nitrogen and oxygen atoms in total. The molecular weight excluding hydrogens is 408 g/mol. The molecule has 1 aliphatic heterocycles. The zero-order valence-corrected chi connectivity index (χ0v) is 20.4. The van der Waals surface area contributed by atoms with Crippen molar-refractivity contribution in [3.63, 3.8) is 0 Å². The van der Waals surface area contributed by atoms with E-state index in [0.717, 1.165) is 38.0 Å². The van der Waals surface area contributed by atoms with E-state index in [4.69, 9.17) is 9.47 Å². The van der Waals surface area contributed by atoms with E-state index in [1.807, 2.05) is 6.08 Å². The van der Waals surface area contributed by atoms with Crippen LogP contribution in [0.25, 0.3) is 0 Å². The third kappa shape index (κ3) is 3.00. The SMILES string of the molecule is C/C=C1/CCO[C@]12CC[C@H]1[C@@H]3CCC4=CC(=O)CC[C@@H]4[C@H]3[C@@H](c3ccc(OC)cc3)C[C@@]12C. The van der Waals surface area contributed by atoms with Crippen LogP contribution in [0.1, 0.15) is 76.7 Å². The number of ketones is 1. The molecular formula is C30H38O3. The fourth-order valence-electron chi connectivity index (χ4n) is 9.26. The van der Waals surface area contributed by atoms with Gasteiger partial charge in [0.25, 0.3) is 0 Å². The van der Waals surface area contributed by atoms with Gasteiger partial charge < -0.3 is 9.47 Å². The van der Waals surface area contributed by atoms with Gasteiger partial charge in [0.2, 0.25) is 0 Å².